The van der Waals surface area contributed by atoms with E-state index in [1.54, 1.807) is 19.1 Å². The maximum atomic E-state index is 9.06. The van der Waals surface area contributed by atoms with Crippen LogP contribution < -0.4 is 10.5 Å². The summed E-state index contributed by atoms with van der Waals surface area (Å²) in [5, 5.41) is 9.58. The topological polar surface area (TPSA) is 55.5 Å². The Kier molecular flexibility index (Phi) is 4.39. The van der Waals surface area contributed by atoms with Gasteiger partial charge < -0.3 is 15.6 Å². The van der Waals surface area contributed by atoms with E-state index in [9.17, 15) is 0 Å². The molecule has 0 heterocycles. The van der Waals surface area contributed by atoms with Crippen LogP contribution >= 0.6 is 11.6 Å². The second kappa shape index (κ2) is 5.35. The molecule has 84 valence electrons. The molecular weight excluding hydrogens is 214 g/mol. The summed E-state index contributed by atoms with van der Waals surface area (Å²) in [6.45, 7) is 3.78. The molecule has 2 unspecified atom stereocenters. The van der Waals surface area contributed by atoms with Gasteiger partial charge in [-0.2, -0.15) is 0 Å². The van der Waals surface area contributed by atoms with Crippen LogP contribution in [0.4, 0.5) is 0 Å². The summed E-state index contributed by atoms with van der Waals surface area (Å²) in [5.41, 5.74) is 6.68. The Hall–Kier alpha value is -0.770. The first-order chi connectivity index (χ1) is 7.00. The van der Waals surface area contributed by atoms with Gasteiger partial charge in [0.25, 0.3) is 0 Å². The van der Waals surface area contributed by atoms with Crippen LogP contribution in [0.2, 0.25) is 5.02 Å². The van der Waals surface area contributed by atoms with Gasteiger partial charge in [-0.3, -0.25) is 0 Å². The predicted molar refractivity (Wildman–Crippen MR) is 61.2 cm³/mol. The predicted octanol–water partition coefficient (Wildman–Crippen LogP) is 2.12. The molecule has 0 spiro atoms. The summed E-state index contributed by atoms with van der Waals surface area (Å²) in [6, 6.07) is 5.37. The lowest BCUT2D eigenvalue weighted by Gasteiger charge is -2.12. The van der Waals surface area contributed by atoms with E-state index in [0.717, 1.165) is 5.56 Å². The molecular formula is C11H16ClNO2. The summed E-state index contributed by atoms with van der Waals surface area (Å²) < 4.78 is 5.31. The molecule has 0 saturated heterocycles. The molecule has 0 saturated carbocycles. The van der Waals surface area contributed by atoms with Crippen molar-refractivity contribution in [3.05, 3.63) is 28.8 Å². The molecule has 1 rings (SSSR count). The fourth-order valence-electron chi connectivity index (χ4n) is 1.13. The van der Waals surface area contributed by atoms with Crippen molar-refractivity contribution in [2.75, 3.05) is 6.61 Å². The molecule has 0 amide bonds. The van der Waals surface area contributed by atoms with Crippen LogP contribution in [0.25, 0.3) is 0 Å². The van der Waals surface area contributed by atoms with Crippen molar-refractivity contribution >= 4 is 11.6 Å². The first-order valence-corrected chi connectivity index (χ1v) is 5.24. The lowest BCUT2D eigenvalue weighted by atomic mass is 10.1. The van der Waals surface area contributed by atoms with E-state index in [-0.39, 0.29) is 12.6 Å². The number of aliphatic hydroxyl groups excluding tert-OH is 1. The molecule has 0 bridgehead atoms. The fourth-order valence-corrected chi connectivity index (χ4v) is 1.37. The van der Waals surface area contributed by atoms with Crippen molar-refractivity contribution in [3.63, 3.8) is 0 Å². The van der Waals surface area contributed by atoms with Crippen molar-refractivity contribution in [1.29, 1.82) is 0 Å². The Morgan fingerprint density at radius 3 is 2.60 bits per heavy atom. The second-order valence-corrected chi connectivity index (χ2v) is 4.05. The number of ether oxygens (including phenoxy) is 1. The maximum Gasteiger partial charge on any atom is 0.138 e. The maximum absolute atomic E-state index is 9.06. The van der Waals surface area contributed by atoms with Crippen LogP contribution in [-0.2, 0) is 0 Å². The van der Waals surface area contributed by atoms with Crippen molar-refractivity contribution in [2.24, 2.45) is 5.73 Å². The lowest BCUT2D eigenvalue weighted by Crippen LogP contribution is -2.13. The van der Waals surface area contributed by atoms with Gasteiger partial charge in [-0.25, -0.2) is 0 Å². The molecule has 1 aromatic rings. The number of rotatable bonds is 4. The van der Waals surface area contributed by atoms with Crippen molar-refractivity contribution in [3.8, 4) is 5.75 Å². The first kappa shape index (κ1) is 12.3. The van der Waals surface area contributed by atoms with Crippen molar-refractivity contribution in [2.45, 2.75) is 26.0 Å². The zero-order valence-corrected chi connectivity index (χ0v) is 9.66. The number of hydrogen-bond donors (Lipinski definition) is 2. The average molecular weight is 230 g/mol. The molecule has 2 atom stereocenters. The third-order valence-electron chi connectivity index (χ3n) is 1.96. The Morgan fingerprint density at radius 1 is 1.47 bits per heavy atom. The minimum atomic E-state index is -0.505. The highest BCUT2D eigenvalue weighted by Crippen LogP contribution is 2.27. The fraction of sp³-hybridized carbons (Fsp3) is 0.455. The highest BCUT2D eigenvalue weighted by atomic mass is 35.5. The molecule has 0 aliphatic carbocycles. The summed E-state index contributed by atoms with van der Waals surface area (Å²) in [6.07, 6.45) is -0.505. The van der Waals surface area contributed by atoms with Gasteiger partial charge in [-0.1, -0.05) is 17.7 Å². The quantitative estimate of drug-likeness (QED) is 0.832. The Labute approximate surface area is 94.8 Å². The van der Waals surface area contributed by atoms with Gasteiger partial charge in [-0.05, 0) is 31.5 Å². The lowest BCUT2D eigenvalue weighted by molar-refractivity contribution is 0.123. The van der Waals surface area contributed by atoms with Gasteiger partial charge in [0.1, 0.15) is 12.4 Å². The van der Waals surface area contributed by atoms with Crippen LogP contribution in [-0.4, -0.2) is 17.8 Å². The van der Waals surface area contributed by atoms with Crippen LogP contribution in [0.5, 0.6) is 5.75 Å². The summed E-state index contributed by atoms with van der Waals surface area (Å²) in [5.74, 6) is 0.571. The minimum absolute atomic E-state index is 0.0479. The molecule has 1 aromatic carbocycles. The normalized spacial score (nSPS) is 14.7. The zero-order chi connectivity index (χ0) is 11.4. The Balaban J connectivity index is 2.75. The van der Waals surface area contributed by atoms with E-state index in [1.165, 1.54) is 0 Å². The Bertz CT molecular complexity index is 326. The number of hydrogen-bond acceptors (Lipinski definition) is 3. The number of benzene rings is 1. The van der Waals surface area contributed by atoms with E-state index in [4.69, 9.17) is 27.2 Å². The molecule has 3 N–H and O–H groups in total. The number of aliphatic hydroxyl groups is 1. The third-order valence-corrected chi connectivity index (χ3v) is 2.26. The van der Waals surface area contributed by atoms with E-state index in [1.807, 2.05) is 13.0 Å². The van der Waals surface area contributed by atoms with Crippen LogP contribution in [0.15, 0.2) is 18.2 Å². The zero-order valence-electron chi connectivity index (χ0n) is 8.90. The van der Waals surface area contributed by atoms with E-state index < -0.39 is 6.10 Å². The molecule has 3 nitrogen and oxygen atoms in total. The molecule has 0 radical (unpaired) electrons. The molecule has 0 fully saturated rings. The van der Waals surface area contributed by atoms with Gasteiger partial charge in [0, 0.05) is 6.04 Å². The minimum Gasteiger partial charge on any atom is -0.489 e. The van der Waals surface area contributed by atoms with Crippen molar-refractivity contribution < 1.29 is 9.84 Å². The SMILES string of the molecule is CC(O)COc1ccc(C(C)N)cc1Cl. The molecule has 0 aliphatic rings. The van der Waals surface area contributed by atoms with Crippen molar-refractivity contribution in [1.82, 2.24) is 0 Å². The van der Waals surface area contributed by atoms with Crippen LogP contribution in [0.1, 0.15) is 25.5 Å². The monoisotopic (exact) mass is 229 g/mol. The summed E-state index contributed by atoms with van der Waals surface area (Å²) in [7, 11) is 0. The third kappa shape index (κ3) is 3.70. The molecule has 0 aromatic heterocycles. The summed E-state index contributed by atoms with van der Waals surface area (Å²) in [4.78, 5) is 0. The van der Waals surface area contributed by atoms with Crippen LogP contribution in [0, 0.1) is 0 Å². The van der Waals surface area contributed by atoms with Gasteiger partial charge >= 0.3 is 0 Å². The largest absolute Gasteiger partial charge is 0.489 e. The smallest absolute Gasteiger partial charge is 0.138 e. The Morgan fingerprint density at radius 2 is 2.13 bits per heavy atom. The number of nitrogens with two attached hydrogens (primary N) is 1. The standard InChI is InChI=1S/C11H16ClNO2/c1-7(14)6-15-11-4-3-9(8(2)13)5-10(11)12/h3-5,7-8,14H,6,13H2,1-2H3. The molecule has 4 heteroatoms. The molecule has 15 heavy (non-hydrogen) atoms. The second-order valence-electron chi connectivity index (χ2n) is 3.64. The molecule has 0 aliphatic heterocycles. The van der Waals surface area contributed by atoms with Gasteiger partial charge in [0.2, 0.25) is 0 Å². The summed E-state index contributed by atoms with van der Waals surface area (Å²) >= 11 is 5.99. The highest BCUT2D eigenvalue weighted by molar-refractivity contribution is 6.32. The van der Waals surface area contributed by atoms with E-state index >= 15 is 0 Å². The van der Waals surface area contributed by atoms with Gasteiger partial charge in [0.05, 0.1) is 11.1 Å². The van der Waals surface area contributed by atoms with Gasteiger partial charge in [-0.15, -0.1) is 0 Å². The van der Waals surface area contributed by atoms with Crippen LogP contribution in [0.3, 0.4) is 0 Å². The van der Waals surface area contributed by atoms with E-state index in [0.29, 0.717) is 10.8 Å². The number of halogens is 1. The average Bonchev–Trinajstić information content (AvgIpc) is 2.15. The van der Waals surface area contributed by atoms with Gasteiger partial charge in [0.15, 0.2) is 0 Å². The van der Waals surface area contributed by atoms with E-state index in [2.05, 4.69) is 0 Å². The highest BCUT2D eigenvalue weighted by Gasteiger charge is 2.06. The first-order valence-electron chi connectivity index (χ1n) is 4.86.